The molecule has 1 aromatic heterocycles. The first-order valence-corrected chi connectivity index (χ1v) is 5.76. The van der Waals surface area contributed by atoms with E-state index >= 15 is 0 Å². The number of nitrogens with zero attached hydrogens (tertiary/aromatic N) is 1. The minimum Gasteiger partial charge on any atom is -0.372 e. The zero-order chi connectivity index (χ0) is 10.1. The summed E-state index contributed by atoms with van der Waals surface area (Å²) in [4.78, 5) is 4.29. The largest absolute Gasteiger partial charge is 0.372 e. The van der Waals surface area contributed by atoms with Crippen LogP contribution >= 0.6 is 27.5 Å². The molecule has 0 spiro atoms. The van der Waals surface area contributed by atoms with Gasteiger partial charge in [0.15, 0.2) is 0 Å². The monoisotopic (exact) mass is 275 g/mol. The van der Waals surface area contributed by atoms with Gasteiger partial charge >= 0.3 is 0 Å². The van der Waals surface area contributed by atoms with Crippen molar-refractivity contribution in [2.45, 2.75) is 19.4 Å². The van der Waals surface area contributed by atoms with Gasteiger partial charge in [-0.3, -0.25) is 4.98 Å². The Balaban J connectivity index is 2.24. The summed E-state index contributed by atoms with van der Waals surface area (Å²) in [5.74, 6) is 0.599. The smallest absolute Gasteiger partial charge is 0.101 e. The molecule has 0 saturated carbocycles. The summed E-state index contributed by atoms with van der Waals surface area (Å²) in [6, 6.07) is 1.86. The molecule has 2 nitrogen and oxygen atoms in total. The lowest BCUT2D eigenvalue weighted by Crippen LogP contribution is -1.99. The Morgan fingerprint density at radius 1 is 1.64 bits per heavy atom. The van der Waals surface area contributed by atoms with Crippen molar-refractivity contribution >= 4 is 27.5 Å². The van der Waals surface area contributed by atoms with Gasteiger partial charge in [-0.15, -0.1) is 0 Å². The van der Waals surface area contributed by atoms with Crippen molar-refractivity contribution in [3.8, 4) is 0 Å². The van der Waals surface area contributed by atoms with Gasteiger partial charge in [0, 0.05) is 10.7 Å². The van der Waals surface area contributed by atoms with Crippen LogP contribution in [0.3, 0.4) is 0 Å². The van der Waals surface area contributed by atoms with Gasteiger partial charge in [0.1, 0.15) is 6.10 Å². The minimum atomic E-state index is 0.0746. The molecular weight excluding hydrogens is 265 g/mol. The fourth-order valence-corrected chi connectivity index (χ4v) is 2.39. The Labute approximate surface area is 96.8 Å². The molecule has 0 N–H and O–H groups in total. The van der Waals surface area contributed by atoms with E-state index in [1.165, 1.54) is 0 Å². The van der Waals surface area contributed by atoms with Crippen molar-refractivity contribution in [1.82, 2.24) is 4.98 Å². The summed E-state index contributed by atoms with van der Waals surface area (Å²) in [7, 11) is 0. The van der Waals surface area contributed by atoms with Crippen molar-refractivity contribution in [1.29, 1.82) is 0 Å². The highest BCUT2D eigenvalue weighted by Gasteiger charge is 2.26. The van der Waals surface area contributed by atoms with E-state index in [-0.39, 0.29) is 6.10 Å². The quantitative estimate of drug-likeness (QED) is 0.782. The van der Waals surface area contributed by atoms with Crippen LogP contribution in [0.4, 0.5) is 0 Å². The average Bonchev–Trinajstić information content (AvgIpc) is 2.51. The molecule has 1 aliphatic rings. The van der Waals surface area contributed by atoms with Gasteiger partial charge in [-0.05, 0) is 34.3 Å². The predicted octanol–water partition coefficient (Wildman–Crippen LogP) is 3.60. The molecule has 1 aromatic rings. The summed E-state index contributed by atoms with van der Waals surface area (Å²) in [6.45, 7) is 2.98. The summed E-state index contributed by atoms with van der Waals surface area (Å²) < 4.78 is 6.51. The molecule has 1 fully saturated rings. The van der Waals surface area contributed by atoms with Crippen LogP contribution in [0, 0.1) is 5.92 Å². The first-order chi connectivity index (χ1) is 6.66. The third kappa shape index (κ3) is 2.10. The molecule has 0 radical (unpaired) electrons. The molecule has 4 heteroatoms. The van der Waals surface area contributed by atoms with Crippen molar-refractivity contribution in [3.05, 3.63) is 27.5 Å². The fraction of sp³-hybridized carbons (Fsp3) is 0.500. The fourth-order valence-electron chi connectivity index (χ4n) is 1.63. The van der Waals surface area contributed by atoms with Crippen molar-refractivity contribution < 1.29 is 4.74 Å². The zero-order valence-electron chi connectivity index (χ0n) is 7.84. The van der Waals surface area contributed by atoms with Crippen LogP contribution in [-0.4, -0.2) is 11.6 Å². The molecule has 2 unspecified atom stereocenters. The number of halogens is 2. The van der Waals surface area contributed by atoms with E-state index in [0.717, 1.165) is 23.2 Å². The molecule has 2 heterocycles. The van der Waals surface area contributed by atoms with Crippen LogP contribution in [-0.2, 0) is 4.74 Å². The SMILES string of the molecule is CC1COC(c2ncc(Br)cc2Cl)C1. The maximum atomic E-state index is 6.08. The molecule has 2 rings (SSSR count). The van der Waals surface area contributed by atoms with Gasteiger partial charge in [-0.2, -0.15) is 0 Å². The maximum Gasteiger partial charge on any atom is 0.101 e. The van der Waals surface area contributed by atoms with Crippen LogP contribution in [0.2, 0.25) is 5.02 Å². The second-order valence-electron chi connectivity index (χ2n) is 3.68. The van der Waals surface area contributed by atoms with Crippen molar-refractivity contribution in [2.24, 2.45) is 5.92 Å². The van der Waals surface area contributed by atoms with Crippen LogP contribution in [0.15, 0.2) is 16.7 Å². The van der Waals surface area contributed by atoms with E-state index in [2.05, 4.69) is 27.8 Å². The van der Waals surface area contributed by atoms with Gasteiger partial charge in [-0.25, -0.2) is 0 Å². The molecule has 0 aromatic carbocycles. The Kier molecular flexibility index (Phi) is 3.10. The van der Waals surface area contributed by atoms with E-state index in [1.807, 2.05) is 6.07 Å². The summed E-state index contributed by atoms with van der Waals surface area (Å²) in [5, 5.41) is 0.679. The summed E-state index contributed by atoms with van der Waals surface area (Å²) in [6.07, 6.45) is 2.84. The number of aromatic nitrogens is 1. The van der Waals surface area contributed by atoms with Gasteiger partial charge in [0.05, 0.1) is 17.3 Å². The number of rotatable bonds is 1. The van der Waals surface area contributed by atoms with Gasteiger partial charge in [0.25, 0.3) is 0 Å². The second kappa shape index (κ2) is 4.17. The lowest BCUT2D eigenvalue weighted by atomic mass is 10.1. The van der Waals surface area contributed by atoms with Gasteiger partial charge in [-0.1, -0.05) is 18.5 Å². The topological polar surface area (TPSA) is 22.1 Å². The molecule has 2 atom stereocenters. The number of hydrogen-bond donors (Lipinski definition) is 0. The Hall–Kier alpha value is -0.120. The lowest BCUT2D eigenvalue weighted by molar-refractivity contribution is 0.105. The van der Waals surface area contributed by atoms with E-state index in [1.54, 1.807) is 6.20 Å². The highest BCUT2D eigenvalue weighted by molar-refractivity contribution is 9.10. The maximum absolute atomic E-state index is 6.08. The highest BCUT2D eigenvalue weighted by atomic mass is 79.9. The molecule has 0 bridgehead atoms. The van der Waals surface area contributed by atoms with Crippen molar-refractivity contribution in [3.63, 3.8) is 0 Å². The van der Waals surface area contributed by atoms with E-state index in [9.17, 15) is 0 Å². The lowest BCUT2D eigenvalue weighted by Gasteiger charge is -2.10. The van der Waals surface area contributed by atoms with Crippen molar-refractivity contribution in [2.75, 3.05) is 6.61 Å². The third-order valence-electron chi connectivity index (χ3n) is 2.34. The Morgan fingerprint density at radius 2 is 2.43 bits per heavy atom. The highest BCUT2D eigenvalue weighted by Crippen LogP contribution is 2.35. The minimum absolute atomic E-state index is 0.0746. The predicted molar refractivity (Wildman–Crippen MR) is 59.4 cm³/mol. The van der Waals surface area contributed by atoms with Gasteiger partial charge < -0.3 is 4.74 Å². The zero-order valence-corrected chi connectivity index (χ0v) is 10.2. The number of hydrogen-bond acceptors (Lipinski definition) is 2. The molecule has 0 aliphatic carbocycles. The van der Waals surface area contributed by atoms with E-state index < -0.39 is 0 Å². The molecule has 1 saturated heterocycles. The molecule has 1 aliphatic heterocycles. The molecule has 0 amide bonds. The Morgan fingerprint density at radius 3 is 3.00 bits per heavy atom. The Bertz CT molecular complexity index is 345. The first-order valence-electron chi connectivity index (χ1n) is 4.59. The molecule has 76 valence electrons. The summed E-state index contributed by atoms with van der Waals surface area (Å²) in [5.41, 5.74) is 0.860. The van der Waals surface area contributed by atoms with E-state index in [0.29, 0.717) is 10.9 Å². The number of ether oxygens (including phenoxy) is 1. The van der Waals surface area contributed by atoms with Crippen LogP contribution in [0.1, 0.15) is 25.1 Å². The van der Waals surface area contributed by atoms with E-state index in [4.69, 9.17) is 16.3 Å². The van der Waals surface area contributed by atoms with Crippen LogP contribution < -0.4 is 0 Å². The normalized spacial score (nSPS) is 26.8. The van der Waals surface area contributed by atoms with Crippen LogP contribution in [0.25, 0.3) is 0 Å². The third-order valence-corrected chi connectivity index (χ3v) is 3.08. The molecule has 14 heavy (non-hydrogen) atoms. The summed E-state index contributed by atoms with van der Waals surface area (Å²) >= 11 is 9.41. The second-order valence-corrected chi connectivity index (χ2v) is 5.01. The van der Waals surface area contributed by atoms with Gasteiger partial charge in [0.2, 0.25) is 0 Å². The first kappa shape index (κ1) is 10.4. The number of pyridine rings is 1. The molecular formula is C10H11BrClNO. The standard InChI is InChI=1S/C10H11BrClNO/c1-6-2-9(14-5-6)10-8(12)3-7(11)4-13-10/h3-4,6,9H,2,5H2,1H3. The average molecular weight is 277 g/mol. The van der Waals surface area contributed by atoms with Crippen LogP contribution in [0.5, 0.6) is 0 Å².